The van der Waals surface area contributed by atoms with Crippen molar-refractivity contribution in [2.45, 2.75) is 39.3 Å². The summed E-state index contributed by atoms with van der Waals surface area (Å²) in [7, 11) is 1.70. The molecule has 21 heavy (non-hydrogen) atoms. The van der Waals surface area contributed by atoms with Crippen LogP contribution in [0.4, 0.5) is 0 Å². The molecule has 2 atom stereocenters. The van der Waals surface area contributed by atoms with E-state index >= 15 is 0 Å². The van der Waals surface area contributed by atoms with Gasteiger partial charge >= 0.3 is 0 Å². The van der Waals surface area contributed by atoms with Gasteiger partial charge in [0.15, 0.2) is 0 Å². The molecule has 118 valence electrons. The summed E-state index contributed by atoms with van der Waals surface area (Å²) >= 11 is 0. The van der Waals surface area contributed by atoms with Crippen LogP contribution in [0.5, 0.6) is 0 Å². The Kier molecular flexibility index (Phi) is 8.01. The van der Waals surface area contributed by atoms with Gasteiger partial charge in [-0.15, -0.1) is 0 Å². The first-order valence-electron chi connectivity index (χ1n) is 7.63. The zero-order valence-corrected chi connectivity index (χ0v) is 13.4. The highest BCUT2D eigenvalue weighted by atomic mass is 16.5. The predicted molar refractivity (Wildman–Crippen MR) is 85.8 cm³/mol. The van der Waals surface area contributed by atoms with E-state index in [0.29, 0.717) is 6.54 Å². The van der Waals surface area contributed by atoms with Gasteiger partial charge in [0.1, 0.15) is 0 Å². The number of amides is 1. The van der Waals surface area contributed by atoms with Gasteiger partial charge < -0.3 is 15.4 Å². The third-order valence-corrected chi connectivity index (χ3v) is 3.73. The van der Waals surface area contributed by atoms with E-state index in [1.807, 2.05) is 49.1 Å². The monoisotopic (exact) mass is 292 g/mol. The number of benzene rings is 1. The highest BCUT2D eigenvalue weighted by Gasteiger charge is 2.23. The number of carbonyl (C=O) groups excluding carboxylic acids is 1. The minimum absolute atomic E-state index is 0.130. The summed E-state index contributed by atoms with van der Waals surface area (Å²) in [6, 6.07) is 9.95. The van der Waals surface area contributed by atoms with Crippen molar-refractivity contribution >= 4 is 5.91 Å². The normalized spacial score (nSPS) is 13.7. The fourth-order valence-electron chi connectivity index (χ4n) is 2.13. The van der Waals surface area contributed by atoms with Crippen molar-refractivity contribution in [2.75, 3.05) is 20.3 Å². The number of rotatable bonds is 9. The highest BCUT2D eigenvalue weighted by molar-refractivity contribution is 5.79. The molecular formula is C17H28N2O2. The number of hydrogen-bond donors (Lipinski definition) is 1. The molecule has 0 saturated carbocycles. The molecule has 4 nitrogen and oxygen atoms in total. The Bertz CT molecular complexity index is 407. The van der Waals surface area contributed by atoms with E-state index in [4.69, 9.17) is 10.5 Å². The van der Waals surface area contributed by atoms with Crippen molar-refractivity contribution in [3.8, 4) is 0 Å². The summed E-state index contributed by atoms with van der Waals surface area (Å²) in [6.07, 6.45) is 1.90. The predicted octanol–water partition coefficient (Wildman–Crippen LogP) is 2.43. The molecule has 1 aromatic carbocycles. The van der Waals surface area contributed by atoms with Crippen molar-refractivity contribution in [3.05, 3.63) is 35.9 Å². The van der Waals surface area contributed by atoms with Gasteiger partial charge in [0.2, 0.25) is 5.91 Å². The second-order valence-corrected chi connectivity index (χ2v) is 5.59. The molecule has 0 radical (unpaired) electrons. The molecule has 0 aliphatic heterocycles. The number of ether oxygens (including phenoxy) is 1. The Labute approximate surface area is 128 Å². The Balaban J connectivity index is 2.67. The van der Waals surface area contributed by atoms with Gasteiger partial charge in [0, 0.05) is 32.8 Å². The molecule has 2 unspecified atom stereocenters. The zero-order chi connectivity index (χ0) is 15.7. The third kappa shape index (κ3) is 6.27. The van der Waals surface area contributed by atoms with Crippen LogP contribution in [0.1, 0.15) is 32.3 Å². The van der Waals surface area contributed by atoms with Crippen LogP contribution in [0.15, 0.2) is 30.3 Å². The molecule has 0 bridgehead atoms. The SMILES string of the molecule is COCCCCN(Cc1ccccc1)C(=O)C(C)C(C)N. The molecule has 0 aliphatic rings. The molecule has 0 heterocycles. The summed E-state index contributed by atoms with van der Waals surface area (Å²) in [4.78, 5) is 14.5. The molecule has 4 heteroatoms. The van der Waals surface area contributed by atoms with Gasteiger partial charge in [-0.2, -0.15) is 0 Å². The van der Waals surface area contributed by atoms with E-state index < -0.39 is 0 Å². The fourth-order valence-corrected chi connectivity index (χ4v) is 2.13. The first-order valence-corrected chi connectivity index (χ1v) is 7.63. The van der Waals surface area contributed by atoms with E-state index in [1.54, 1.807) is 7.11 Å². The summed E-state index contributed by atoms with van der Waals surface area (Å²) in [5, 5.41) is 0. The molecule has 1 amide bonds. The van der Waals surface area contributed by atoms with Crippen molar-refractivity contribution in [1.82, 2.24) is 4.90 Å². The Hall–Kier alpha value is -1.39. The largest absolute Gasteiger partial charge is 0.385 e. The molecule has 0 saturated heterocycles. The van der Waals surface area contributed by atoms with E-state index in [0.717, 1.165) is 31.6 Å². The summed E-state index contributed by atoms with van der Waals surface area (Å²) < 4.78 is 5.06. The molecule has 1 rings (SSSR count). The van der Waals surface area contributed by atoms with Gasteiger partial charge in [-0.1, -0.05) is 37.3 Å². The van der Waals surface area contributed by atoms with Crippen molar-refractivity contribution in [1.29, 1.82) is 0 Å². The van der Waals surface area contributed by atoms with E-state index in [-0.39, 0.29) is 17.9 Å². The lowest BCUT2D eigenvalue weighted by Gasteiger charge is -2.27. The lowest BCUT2D eigenvalue weighted by Crippen LogP contribution is -2.41. The maximum atomic E-state index is 12.6. The van der Waals surface area contributed by atoms with Crippen LogP contribution in [-0.4, -0.2) is 37.1 Å². The minimum Gasteiger partial charge on any atom is -0.385 e. The maximum Gasteiger partial charge on any atom is 0.227 e. The maximum absolute atomic E-state index is 12.6. The number of hydrogen-bond acceptors (Lipinski definition) is 3. The Morgan fingerprint density at radius 2 is 1.90 bits per heavy atom. The number of methoxy groups -OCH3 is 1. The van der Waals surface area contributed by atoms with Crippen LogP contribution in [0.25, 0.3) is 0 Å². The van der Waals surface area contributed by atoms with Crippen molar-refractivity contribution < 1.29 is 9.53 Å². The Morgan fingerprint density at radius 1 is 1.24 bits per heavy atom. The smallest absolute Gasteiger partial charge is 0.227 e. The number of nitrogens with zero attached hydrogens (tertiary/aromatic N) is 1. The molecule has 1 aromatic rings. The number of unbranched alkanes of at least 4 members (excludes halogenated alkanes) is 1. The molecule has 0 aromatic heterocycles. The quantitative estimate of drug-likeness (QED) is 0.711. The molecule has 2 N–H and O–H groups in total. The average molecular weight is 292 g/mol. The van der Waals surface area contributed by atoms with Crippen molar-refractivity contribution in [3.63, 3.8) is 0 Å². The molecule has 0 fully saturated rings. The molecule has 0 spiro atoms. The van der Waals surface area contributed by atoms with Crippen LogP contribution >= 0.6 is 0 Å². The van der Waals surface area contributed by atoms with Crippen LogP contribution < -0.4 is 5.73 Å². The second kappa shape index (κ2) is 9.53. The highest BCUT2D eigenvalue weighted by Crippen LogP contribution is 2.12. The minimum atomic E-state index is -0.156. The topological polar surface area (TPSA) is 55.6 Å². The van der Waals surface area contributed by atoms with Crippen molar-refractivity contribution in [2.24, 2.45) is 11.7 Å². The lowest BCUT2D eigenvalue weighted by atomic mass is 10.0. The first-order chi connectivity index (χ1) is 10.1. The average Bonchev–Trinajstić information content (AvgIpc) is 2.49. The summed E-state index contributed by atoms with van der Waals surface area (Å²) in [5.41, 5.74) is 7.02. The second-order valence-electron chi connectivity index (χ2n) is 5.59. The van der Waals surface area contributed by atoms with Crippen LogP contribution in [0.2, 0.25) is 0 Å². The fraction of sp³-hybridized carbons (Fsp3) is 0.588. The van der Waals surface area contributed by atoms with Gasteiger partial charge in [-0.05, 0) is 25.3 Å². The molecule has 0 aliphatic carbocycles. The molecular weight excluding hydrogens is 264 g/mol. The zero-order valence-electron chi connectivity index (χ0n) is 13.4. The number of carbonyl (C=O) groups is 1. The van der Waals surface area contributed by atoms with E-state index in [2.05, 4.69) is 0 Å². The number of nitrogens with two attached hydrogens (primary N) is 1. The van der Waals surface area contributed by atoms with Crippen LogP contribution in [-0.2, 0) is 16.1 Å². The summed E-state index contributed by atoms with van der Waals surface area (Å²) in [5.74, 6) is -0.0255. The van der Waals surface area contributed by atoms with Gasteiger partial charge in [0.05, 0.1) is 5.92 Å². The summed E-state index contributed by atoms with van der Waals surface area (Å²) in [6.45, 7) is 5.91. The third-order valence-electron chi connectivity index (χ3n) is 3.73. The van der Waals surface area contributed by atoms with Gasteiger partial charge in [-0.3, -0.25) is 4.79 Å². The lowest BCUT2D eigenvalue weighted by molar-refractivity contribution is -0.136. The van der Waals surface area contributed by atoms with Crippen LogP contribution in [0.3, 0.4) is 0 Å². The van der Waals surface area contributed by atoms with Gasteiger partial charge in [-0.25, -0.2) is 0 Å². The van der Waals surface area contributed by atoms with E-state index in [1.165, 1.54) is 0 Å². The standard InChI is InChI=1S/C17H28N2O2/c1-14(15(2)18)17(20)19(11-7-8-12-21-3)13-16-9-5-4-6-10-16/h4-6,9-10,14-15H,7-8,11-13,18H2,1-3H3. The van der Waals surface area contributed by atoms with E-state index in [9.17, 15) is 4.79 Å². The Morgan fingerprint density at radius 3 is 2.48 bits per heavy atom. The van der Waals surface area contributed by atoms with Crippen LogP contribution in [0, 0.1) is 5.92 Å². The van der Waals surface area contributed by atoms with Gasteiger partial charge in [0.25, 0.3) is 0 Å². The first kappa shape index (κ1) is 17.7.